The fourth-order valence-electron chi connectivity index (χ4n) is 2.82. The first-order valence-corrected chi connectivity index (χ1v) is 9.50. The van der Waals surface area contributed by atoms with E-state index in [1.54, 1.807) is 22.1 Å². The van der Waals surface area contributed by atoms with Gasteiger partial charge in [0.15, 0.2) is 0 Å². The fourth-order valence-corrected chi connectivity index (χ4v) is 3.56. The van der Waals surface area contributed by atoms with Gasteiger partial charge < -0.3 is 4.90 Å². The molecular weight excluding hydrogens is 336 g/mol. The van der Waals surface area contributed by atoms with Gasteiger partial charge in [0.25, 0.3) is 5.56 Å². The molecule has 0 amide bonds. The molecule has 136 valence electrons. The average Bonchev–Trinajstić information content (AvgIpc) is 3.00. The summed E-state index contributed by atoms with van der Waals surface area (Å²) < 4.78 is 1.60. The van der Waals surface area contributed by atoms with Gasteiger partial charge >= 0.3 is 0 Å². The van der Waals surface area contributed by atoms with E-state index >= 15 is 0 Å². The molecule has 8 heteroatoms. The molecule has 0 radical (unpaired) electrons. The average molecular weight is 363 g/mol. The van der Waals surface area contributed by atoms with E-state index in [0.29, 0.717) is 6.54 Å². The molecule has 0 aliphatic carbocycles. The Balaban J connectivity index is 1.56. The highest BCUT2D eigenvalue weighted by atomic mass is 32.1. The quantitative estimate of drug-likeness (QED) is 0.822. The lowest BCUT2D eigenvalue weighted by Crippen LogP contribution is -2.47. The maximum Gasteiger partial charge on any atom is 0.266 e. The van der Waals surface area contributed by atoms with Crippen molar-refractivity contribution in [2.24, 2.45) is 0 Å². The zero-order valence-corrected chi connectivity index (χ0v) is 16.2. The Kier molecular flexibility index (Phi) is 5.19. The van der Waals surface area contributed by atoms with E-state index in [1.807, 2.05) is 13.0 Å². The van der Waals surface area contributed by atoms with Crippen LogP contribution in [-0.2, 0) is 12.0 Å². The Labute approximate surface area is 152 Å². The van der Waals surface area contributed by atoms with Crippen molar-refractivity contribution in [3.63, 3.8) is 0 Å². The maximum atomic E-state index is 12.1. The molecule has 25 heavy (non-hydrogen) atoms. The normalized spacial score (nSPS) is 16.4. The van der Waals surface area contributed by atoms with Gasteiger partial charge in [-0.1, -0.05) is 32.1 Å². The van der Waals surface area contributed by atoms with Crippen LogP contribution in [0.25, 0.3) is 0 Å². The minimum Gasteiger partial charge on any atom is -0.344 e. The van der Waals surface area contributed by atoms with E-state index in [1.165, 1.54) is 0 Å². The largest absolute Gasteiger partial charge is 0.344 e. The first-order chi connectivity index (χ1) is 11.8. The van der Waals surface area contributed by atoms with Crippen molar-refractivity contribution >= 4 is 16.5 Å². The molecule has 0 unspecified atom stereocenters. The topological polar surface area (TPSA) is 67.2 Å². The number of aromatic nitrogens is 4. The molecule has 0 atom stereocenters. The molecule has 1 saturated heterocycles. The number of anilines is 1. The van der Waals surface area contributed by atoms with Gasteiger partial charge in [-0.15, -0.1) is 10.2 Å². The highest BCUT2D eigenvalue weighted by Crippen LogP contribution is 2.21. The highest BCUT2D eigenvalue weighted by molar-refractivity contribution is 7.15. The van der Waals surface area contributed by atoms with Crippen LogP contribution in [-0.4, -0.2) is 57.6 Å². The summed E-state index contributed by atoms with van der Waals surface area (Å²) in [6.45, 7) is 13.6. The van der Waals surface area contributed by atoms with Crippen molar-refractivity contribution in [2.75, 3.05) is 37.6 Å². The molecule has 1 fully saturated rings. The van der Waals surface area contributed by atoms with Crippen LogP contribution in [0.15, 0.2) is 16.9 Å². The molecular formula is C17H26N6OS. The van der Waals surface area contributed by atoms with Gasteiger partial charge in [-0.25, -0.2) is 4.68 Å². The van der Waals surface area contributed by atoms with Crippen LogP contribution in [0.4, 0.5) is 5.13 Å². The summed E-state index contributed by atoms with van der Waals surface area (Å²) in [7, 11) is 0. The minimum atomic E-state index is -0.0546. The third-order valence-electron chi connectivity index (χ3n) is 4.42. The summed E-state index contributed by atoms with van der Waals surface area (Å²) in [5.41, 5.74) is 0.862. The number of rotatable bonds is 4. The van der Waals surface area contributed by atoms with E-state index in [0.717, 1.165) is 48.6 Å². The number of aryl methyl sites for hydroxylation is 1. The van der Waals surface area contributed by atoms with Crippen LogP contribution in [0.5, 0.6) is 0 Å². The molecule has 2 aromatic heterocycles. The van der Waals surface area contributed by atoms with Crippen molar-refractivity contribution < 1.29 is 0 Å². The van der Waals surface area contributed by atoms with Crippen molar-refractivity contribution in [3.05, 3.63) is 33.2 Å². The second-order valence-electron chi connectivity index (χ2n) is 7.46. The van der Waals surface area contributed by atoms with Crippen LogP contribution < -0.4 is 10.5 Å². The molecule has 0 aromatic carbocycles. The minimum absolute atomic E-state index is 0.0315. The number of hydrogen-bond donors (Lipinski definition) is 0. The smallest absolute Gasteiger partial charge is 0.266 e. The van der Waals surface area contributed by atoms with Crippen LogP contribution in [0, 0.1) is 6.92 Å². The lowest BCUT2D eigenvalue weighted by atomic mass is 9.92. The highest BCUT2D eigenvalue weighted by Gasteiger charge is 2.20. The second kappa shape index (κ2) is 7.21. The van der Waals surface area contributed by atoms with Crippen molar-refractivity contribution in [1.82, 2.24) is 24.9 Å². The maximum absolute atomic E-state index is 12.1. The second-order valence-corrected chi connectivity index (χ2v) is 8.62. The molecule has 1 aliphatic rings. The lowest BCUT2D eigenvalue weighted by Gasteiger charge is -2.34. The third-order valence-corrected chi connectivity index (χ3v) is 5.32. The number of piperazine rings is 1. The van der Waals surface area contributed by atoms with Crippen LogP contribution >= 0.6 is 11.3 Å². The van der Waals surface area contributed by atoms with Crippen LogP contribution in [0.1, 0.15) is 31.5 Å². The number of nitrogens with zero attached hydrogens (tertiary/aromatic N) is 6. The van der Waals surface area contributed by atoms with E-state index in [-0.39, 0.29) is 11.0 Å². The van der Waals surface area contributed by atoms with Gasteiger partial charge in [0.1, 0.15) is 5.01 Å². The molecule has 0 spiro atoms. The fraction of sp³-hybridized carbons (Fsp3) is 0.647. The third kappa shape index (κ3) is 4.43. The summed E-state index contributed by atoms with van der Waals surface area (Å²) in [4.78, 5) is 16.7. The molecule has 3 heterocycles. The van der Waals surface area contributed by atoms with Gasteiger partial charge in [0, 0.05) is 44.2 Å². The van der Waals surface area contributed by atoms with Gasteiger partial charge in [0.2, 0.25) is 5.13 Å². The van der Waals surface area contributed by atoms with Gasteiger partial charge in [-0.05, 0) is 13.0 Å². The van der Waals surface area contributed by atoms with Crippen LogP contribution in [0.3, 0.4) is 0 Å². The van der Waals surface area contributed by atoms with E-state index in [2.05, 4.69) is 45.9 Å². The Morgan fingerprint density at radius 2 is 1.80 bits per heavy atom. The molecule has 1 aliphatic heterocycles. The molecule has 3 rings (SSSR count). The predicted molar refractivity (Wildman–Crippen MR) is 100 cm³/mol. The van der Waals surface area contributed by atoms with E-state index in [9.17, 15) is 4.79 Å². The van der Waals surface area contributed by atoms with Gasteiger partial charge in [-0.2, -0.15) is 5.10 Å². The monoisotopic (exact) mass is 362 g/mol. The van der Waals surface area contributed by atoms with Gasteiger partial charge in [-0.3, -0.25) is 9.69 Å². The Bertz CT molecular complexity index is 770. The molecule has 2 aromatic rings. The SMILES string of the molecule is Cc1nnc(N2CCN(CCn3nc(C(C)(C)C)ccc3=O)CC2)s1. The van der Waals surface area contributed by atoms with Crippen molar-refractivity contribution in [1.29, 1.82) is 0 Å². The first kappa shape index (κ1) is 18.0. The first-order valence-electron chi connectivity index (χ1n) is 8.69. The Hall–Kier alpha value is -1.80. The van der Waals surface area contributed by atoms with E-state index < -0.39 is 0 Å². The summed E-state index contributed by atoms with van der Waals surface area (Å²) in [5, 5.41) is 14.9. The Morgan fingerprint density at radius 1 is 1.08 bits per heavy atom. The van der Waals surface area contributed by atoms with Crippen molar-refractivity contribution in [3.8, 4) is 0 Å². The van der Waals surface area contributed by atoms with Crippen molar-refractivity contribution in [2.45, 2.75) is 39.7 Å². The van der Waals surface area contributed by atoms with Gasteiger partial charge in [0.05, 0.1) is 12.2 Å². The van der Waals surface area contributed by atoms with E-state index in [4.69, 9.17) is 0 Å². The number of hydrogen-bond acceptors (Lipinski definition) is 7. The lowest BCUT2D eigenvalue weighted by molar-refractivity contribution is 0.241. The zero-order valence-electron chi connectivity index (χ0n) is 15.4. The zero-order chi connectivity index (χ0) is 18.0. The summed E-state index contributed by atoms with van der Waals surface area (Å²) in [6, 6.07) is 3.46. The molecule has 7 nitrogen and oxygen atoms in total. The molecule has 0 N–H and O–H groups in total. The van der Waals surface area contributed by atoms with Crippen LogP contribution in [0.2, 0.25) is 0 Å². The summed E-state index contributed by atoms with van der Waals surface area (Å²) in [6.07, 6.45) is 0. The standard InChI is InChI=1S/C17H26N6OS/c1-13-18-19-16(25-13)22-10-7-21(8-11-22)9-12-23-15(24)6-5-14(20-23)17(2,3)4/h5-6H,7-12H2,1-4H3. The molecule has 0 saturated carbocycles. The summed E-state index contributed by atoms with van der Waals surface area (Å²) in [5.74, 6) is 0. The summed E-state index contributed by atoms with van der Waals surface area (Å²) >= 11 is 1.64. The predicted octanol–water partition coefficient (Wildman–Crippen LogP) is 1.52. The molecule has 0 bridgehead atoms. The Morgan fingerprint density at radius 3 is 2.40 bits per heavy atom.